The molecule has 23 heavy (non-hydrogen) atoms. The van der Waals surface area contributed by atoms with Crippen LogP contribution in [0.1, 0.15) is 37.7 Å². The van der Waals surface area contributed by atoms with Crippen LogP contribution in [0.5, 0.6) is 0 Å². The van der Waals surface area contributed by atoms with Gasteiger partial charge in [0.25, 0.3) is 0 Å². The van der Waals surface area contributed by atoms with Crippen molar-refractivity contribution in [3.63, 3.8) is 0 Å². The largest absolute Gasteiger partial charge is 0.466 e. The smallest absolute Gasteiger partial charge is 0.330 e. The molecule has 0 radical (unpaired) electrons. The molecule has 0 N–H and O–H groups in total. The maximum atomic E-state index is 11.5. The zero-order valence-corrected chi connectivity index (χ0v) is 14.2. The average Bonchev–Trinajstić information content (AvgIpc) is 2.60. The number of hydrogen-bond donors (Lipinski definition) is 0. The number of hydrogen-bond acceptors (Lipinski definition) is 3. The molecule has 0 aromatic heterocycles. The molecule has 0 spiro atoms. The molecule has 0 aliphatic heterocycles. The van der Waals surface area contributed by atoms with Crippen LogP contribution in [-0.2, 0) is 14.3 Å². The summed E-state index contributed by atoms with van der Waals surface area (Å²) in [5.41, 5.74) is 2.47. The zero-order valence-electron chi connectivity index (χ0n) is 14.2. The quantitative estimate of drug-likeness (QED) is 0.447. The van der Waals surface area contributed by atoms with Crippen molar-refractivity contribution in [3.8, 4) is 0 Å². The Kier molecular flexibility index (Phi) is 6.60. The normalized spacial score (nSPS) is 20.8. The van der Waals surface area contributed by atoms with Crippen molar-refractivity contribution in [1.82, 2.24) is 0 Å². The monoisotopic (exact) mass is 314 g/mol. The van der Waals surface area contributed by atoms with Crippen molar-refractivity contribution in [2.45, 2.75) is 38.2 Å². The third-order valence-corrected chi connectivity index (χ3v) is 4.48. The van der Waals surface area contributed by atoms with Gasteiger partial charge in [0, 0.05) is 19.1 Å². The van der Waals surface area contributed by atoms with E-state index in [1.54, 1.807) is 7.11 Å². The molecule has 3 nitrogen and oxygen atoms in total. The van der Waals surface area contributed by atoms with Crippen molar-refractivity contribution in [1.29, 1.82) is 0 Å². The van der Waals surface area contributed by atoms with Crippen LogP contribution in [0.15, 0.2) is 54.1 Å². The van der Waals surface area contributed by atoms with Gasteiger partial charge in [0.05, 0.1) is 13.2 Å². The first-order valence-electron chi connectivity index (χ1n) is 8.18. The SMILES string of the molecule is COC(=O)/C=C/[C@@H](c1ccccc1)[C@@H](OC)C1=CC[C@@H](C)CC1. The first-order valence-corrected chi connectivity index (χ1v) is 8.18. The lowest BCUT2D eigenvalue weighted by atomic mass is 9.82. The van der Waals surface area contributed by atoms with Crippen molar-refractivity contribution < 1.29 is 14.3 Å². The fourth-order valence-electron chi connectivity index (χ4n) is 3.08. The van der Waals surface area contributed by atoms with Crippen molar-refractivity contribution in [2.75, 3.05) is 14.2 Å². The van der Waals surface area contributed by atoms with Crippen LogP contribution in [0.2, 0.25) is 0 Å². The van der Waals surface area contributed by atoms with E-state index < -0.39 is 0 Å². The first kappa shape index (κ1) is 17.5. The number of ether oxygens (including phenoxy) is 2. The fourth-order valence-corrected chi connectivity index (χ4v) is 3.08. The van der Waals surface area contributed by atoms with Crippen LogP contribution < -0.4 is 0 Å². The van der Waals surface area contributed by atoms with Crippen LogP contribution in [0.4, 0.5) is 0 Å². The van der Waals surface area contributed by atoms with E-state index in [2.05, 4.69) is 25.1 Å². The molecule has 0 heterocycles. The Morgan fingerprint density at radius 2 is 2.00 bits per heavy atom. The Hall–Kier alpha value is -1.87. The van der Waals surface area contributed by atoms with Gasteiger partial charge in [-0.15, -0.1) is 0 Å². The molecule has 0 saturated heterocycles. The second-order valence-electron chi connectivity index (χ2n) is 6.13. The second-order valence-corrected chi connectivity index (χ2v) is 6.13. The minimum Gasteiger partial charge on any atom is -0.466 e. The summed E-state index contributed by atoms with van der Waals surface area (Å²) in [5, 5.41) is 0. The molecule has 3 atom stereocenters. The highest BCUT2D eigenvalue weighted by atomic mass is 16.5. The molecular weight excluding hydrogens is 288 g/mol. The van der Waals surface area contributed by atoms with E-state index in [9.17, 15) is 4.79 Å². The van der Waals surface area contributed by atoms with Crippen LogP contribution in [0.25, 0.3) is 0 Å². The number of rotatable bonds is 6. The fraction of sp³-hybridized carbons (Fsp3) is 0.450. The summed E-state index contributed by atoms with van der Waals surface area (Å²) in [5.74, 6) is 0.393. The van der Waals surface area contributed by atoms with Gasteiger partial charge < -0.3 is 9.47 Å². The van der Waals surface area contributed by atoms with Gasteiger partial charge in [-0.1, -0.05) is 49.4 Å². The topological polar surface area (TPSA) is 35.5 Å². The molecule has 0 saturated carbocycles. The van der Waals surface area contributed by atoms with Gasteiger partial charge in [-0.05, 0) is 36.3 Å². The summed E-state index contributed by atoms with van der Waals surface area (Å²) in [6, 6.07) is 10.2. The molecule has 0 amide bonds. The van der Waals surface area contributed by atoms with Gasteiger partial charge >= 0.3 is 5.97 Å². The molecule has 0 bridgehead atoms. The summed E-state index contributed by atoms with van der Waals surface area (Å²) in [6.45, 7) is 2.28. The van der Waals surface area contributed by atoms with Gasteiger partial charge in [0.1, 0.15) is 0 Å². The van der Waals surface area contributed by atoms with Gasteiger partial charge in [0.15, 0.2) is 0 Å². The lowest BCUT2D eigenvalue weighted by molar-refractivity contribution is -0.134. The Morgan fingerprint density at radius 3 is 2.57 bits per heavy atom. The van der Waals surface area contributed by atoms with Crippen LogP contribution >= 0.6 is 0 Å². The van der Waals surface area contributed by atoms with E-state index in [-0.39, 0.29) is 18.0 Å². The maximum Gasteiger partial charge on any atom is 0.330 e. The summed E-state index contributed by atoms with van der Waals surface area (Å²) in [6.07, 6.45) is 8.99. The molecule has 1 aromatic carbocycles. The Bertz CT molecular complexity index is 560. The molecule has 1 aromatic rings. The van der Waals surface area contributed by atoms with E-state index in [0.717, 1.165) is 24.3 Å². The molecular formula is C20H26O3. The number of benzene rings is 1. The number of esters is 1. The van der Waals surface area contributed by atoms with E-state index in [1.807, 2.05) is 24.3 Å². The average molecular weight is 314 g/mol. The molecule has 1 aliphatic carbocycles. The molecule has 3 heteroatoms. The van der Waals surface area contributed by atoms with E-state index >= 15 is 0 Å². The zero-order chi connectivity index (χ0) is 16.7. The van der Waals surface area contributed by atoms with Gasteiger partial charge in [0.2, 0.25) is 0 Å². The highest BCUT2D eigenvalue weighted by Crippen LogP contribution is 2.34. The predicted octanol–water partition coefficient (Wildman–Crippen LogP) is 4.26. The highest BCUT2D eigenvalue weighted by molar-refractivity contribution is 5.81. The molecule has 0 fully saturated rings. The highest BCUT2D eigenvalue weighted by Gasteiger charge is 2.26. The van der Waals surface area contributed by atoms with Gasteiger partial charge in [-0.3, -0.25) is 0 Å². The minimum atomic E-state index is -0.341. The molecule has 124 valence electrons. The second kappa shape index (κ2) is 8.68. The van der Waals surface area contributed by atoms with E-state index in [4.69, 9.17) is 9.47 Å². The number of carbonyl (C=O) groups is 1. The first-order chi connectivity index (χ1) is 11.2. The third kappa shape index (κ3) is 4.80. The Morgan fingerprint density at radius 1 is 1.26 bits per heavy atom. The summed E-state index contributed by atoms with van der Waals surface area (Å²) in [4.78, 5) is 11.5. The van der Waals surface area contributed by atoms with Crippen molar-refractivity contribution >= 4 is 5.97 Å². The van der Waals surface area contributed by atoms with Crippen molar-refractivity contribution in [3.05, 3.63) is 59.7 Å². The number of carbonyl (C=O) groups excluding carboxylic acids is 1. The van der Waals surface area contributed by atoms with Gasteiger partial charge in [-0.25, -0.2) is 4.79 Å². The van der Waals surface area contributed by atoms with E-state index in [0.29, 0.717) is 0 Å². The molecule has 1 aliphatic rings. The lowest BCUT2D eigenvalue weighted by Gasteiger charge is -2.30. The van der Waals surface area contributed by atoms with Crippen molar-refractivity contribution in [2.24, 2.45) is 5.92 Å². The molecule has 0 unspecified atom stereocenters. The van der Waals surface area contributed by atoms with Crippen LogP contribution in [-0.4, -0.2) is 26.3 Å². The Balaban J connectivity index is 2.30. The molecule has 2 rings (SSSR count). The van der Waals surface area contributed by atoms with Gasteiger partial charge in [-0.2, -0.15) is 0 Å². The third-order valence-electron chi connectivity index (χ3n) is 4.48. The summed E-state index contributed by atoms with van der Waals surface area (Å²) < 4.78 is 10.6. The van der Waals surface area contributed by atoms with E-state index in [1.165, 1.54) is 25.2 Å². The number of allylic oxidation sites excluding steroid dienone is 1. The maximum absolute atomic E-state index is 11.5. The summed E-state index contributed by atoms with van der Waals surface area (Å²) in [7, 11) is 3.13. The predicted molar refractivity (Wildman–Crippen MR) is 92.2 cm³/mol. The standard InChI is InChI=1S/C20H26O3/c1-15-9-11-17(12-10-15)20(23-3)18(13-14-19(21)22-2)16-7-5-4-6-8-16/h4-8,11,13-15,18,20H,9-10,12H2,1-3H3/b14-13+/t15-,18+,20+/m1/s1. The Labute approximate surface area is 139 Å². The van der Waals surface area contributed by atoms with Crippen LogP contribution in [0, 0.1) is 5.92 Å². The minimum absolute atomic E-state index is 0.0000406. The lowest BCUT2D eigenvalue weighted by Crippen LogP contribution is -2.24. The van der Waals surface area contributed by atoms with Crippen LogP contribution in [0.3, 0.4) is 0 Å². The summed E-state index contributed by atoms with van der Waals surface area (Å²) >= 11 is 0. The number of methoxy groups -OCH3 is 2.